The summed E-state index contributed by atoms with van der Waals surface area (Å²) in [5.74, 6) is -3.29. The molecule has 208 valence electrons. The summed E-state index contributed by atoms with van der Waals surface area (Å²) in [7, 11) is 2.61. The summed E-state index contributed by atoms with van der Waals surface area (Å²) < 4.78 is 78.9. The van der Waals surface area contributed by atoms with Crippen molar-refractivity contribution in [2.24, 2.45) is 7.05 Å². The Balaban J connectivity index is 1.62. The minimum absolute atomic E-state index is 0.103. The van der Waals surface area contributed by atoms with Crippen LogP contribution in [0.25, 0.3) is 17.1 Å². The molecule has 2 aromatic carbocycles. The number of ether oxygens (including phenoxy) is 2. The highest BCUT2D eigenvalue weighted by Crippen LogP contribution is 2.39. The van der Waals surface area contributed by atoms with Gasteiger partial charge < -0.3 is 14.8 Å². The third-order valence-corrected chi connectivity index (χ3v) is 6.31. The van der Waals surface area contributed by atoms with E-state index in [1.165, 1.54) is 18.8 Å². The molecule has 2 aromatic heterocycles. The number of pyridine rings is 1. The lowest BCUT2D eigenvalue weighted by Crippen LogP contribution is -2.24. The van der Waals surface area contributed by atoms with Gasteiger partial charge in [0.15, 0.2) is 5.82 Å². The minimum Gasteiger partial charge on any atom is -0.497 e. The quantitative estimate of drug-likeness (QED) is 0.300. The third-order valence-electron chi connectivity index (χ3n) is 6.31. The molecule has 1 amide bonds. The molecule has 5 rings (SSSR count). The molecule has 1 N–H and O–H groups in total. The Morgan fingerprint density at radius 1 is 1.02 bits per heavy atom. The van der Waals surface area contributed by atoms with Crippen LogP contribution >= 0.6 is 0 Å². The molecule has 1 fully saturated rings. The number of aromatic nitrogens is 3. The van der Waals surface area contributed by atoms with E-state index < -0.39 is 46.5 Å². The summed E-state index contributed by atoms with van der Waals surface area (Å²) in [6.45, 7) is 0. The first-order chi connectivity index (χ1) is 19.0. The standard InChI is InChI=1S/C27H21F5N4O4/c1-35-24(22-18(28)12-17(39-2)13-19(22)29)23(26(38)36(35)21-5-3-4-20(33-21)14-6-7-14)34-25(37)15-8-10-16(11-9-15)40-27(30,31)32/h3-5,8-14H,6-7H2,1-2H3,(H,34,37). The van der Waals surface area contributed by atoms with Crippen molar-refractivity contribution in [2.75, 3.05) is 12.4 Å². The lowest BCUT2D eigenvalue weighted by molar-refractivity contribution is -0.274. The maximum atomic E-state index is 15.2. The van der Waals surface area contributed by atoms with Crippen molar-refractivity contribution < 1.29 is 36.2 Å². The predicted octanol–water partition coefficient (Wildman–Crippen LogP) is 5.55. The van der Waals surface area contributed by atoms with Gasteiger partial charge in [-0.3, -0.25) is 14.3 Å². The number of alkyl halides is 3. The van der Waals surface area contributed by atoms with Gasteiger partial charge in [-0.15, -0.1) is 13.2 Å². The zero-order valence-electron chi connectivity index (χ0n) is 21.1. The van der Waals surface area contributed by atoms with Crippen LogP contribution in [-0.4, -0.2) is 33.7 Å². The number of hydrogen-bond acceptors (Lipinski definition) is 5. The van der Waals surface area contributed by atoms with Crippen molar-refractivity contribution in [3.8, 4) is 28.6 Å². The summed E-state index contributed by atoms with van der Waals surface area (Å²) >= 11 is 0. The molecule has 0 spiro atoms. The zero-order valence-corrected chi connectivity index (χ0v) is 21.1. The smallest absolute Gasteiger partial charge is 0.497 e. The largest absolute Gasteiger partial charge is 0.573 e. The highest BCUT2D eigenvalue weighted by molar-refractivity contribution is 6.06. The Bertz CT molecular complexity index is 1630. The van der Waals surface area contributed by atoms with Gasteiger partial charge in [-0.1, -0.05) is 6.07 Å². The highest BCUT2D eigenvalue weighted by atomic mass is 19.4. The monoisotopic (exact) mass is 560 g/mol. The predicted molar refractivity (Wildman–Crippen MR) is 134 cm³/mol. The van der Waals surface area contributed by atoms with E-state index in [1.807, 2.05) is 6.07 Å². The fourth-order valence-electron chi connectivity index (χ4n) is 4.31. The van der Waals surface area contributed by atoms with Crippen LogP contribution in [0.5, 0.6) is 11.5 Å². The molecule has 0 aliphatic heterocycles. The topological polar surface area (TPSA) is 87.4 Å². The molecule has 13 heteroatoms. The molecular weight excluding hydrogens is 539 g/mol. The second-order valence-corrected chi connectivity index (χ2v) is 9.05. The van der Waals surface area contributed by atoms with Gasteiger partial charge >= 0.3 is 6.36 Å². The molecule has 0 bridgehead atoms. The first-order valence-electron chi connectivity index (χ1n) is 12.0. The molecule has 0 unspecified atom stereocenters. The molecule has 1 aliphatic carbocycles. The number of methoxy groups -OCH3 is 1. The van der Waals surface area contributed by atoms with Gasteiger partial charge in [0.05, 0.1) is 12.7 Å². The lowest BCUT2D eigenvalue weighted by Gasteiger charge is -2.13. The van der Waals surface area contributed by atoms with Crippen molar-refractivity contribution in [1.82, 2.24) is 14.3 Å². The number of carbonyl (C=O) groups excluding carboxylic acids is 1. The van der Waals surface area contributed by atoms with Gasteiger partial charge in [0, 0.05) is 36.4 Å². The van der Waals surface area contributed by atoms with E-state index in [1.54, 1.807) is 12.1 Å². The molecule has 4 aromatic rings. The van der Waals surface area contributed by atoms with Crippen LogP contribution in [0.1, 0.15) is 34.8 Å². The van der Waals surface area contributed by atoms with E-state index in [-0.39, 0.29) is 28.7 Å². The molecule has 0 atom stereocenters. The Kier molecular flexibility index (Phi) is 6.82. The van der Waals surface area contributed by atoms with Crippen LogP contribution in [-0.2, 0) is 7.05 Å². The van der Waals surface area contributed by atoms with Crippen molar-refractivity contribution >= 4 is 11.6 Å². The van der Waals surface area contributed by atoms with E-state index >= 15 is 8.78 Å². The summed E-state index contributed by atoms with van der Waals surface area (Å²) in [4.78, 5) is 31.3. The Morgan fingerprint density at radius 3 is 2.25 bits per heavy atom. The van der Waals surface area contributed by atoms with Crippen LogP contribution in [0.15, 0.2) is 59.4 Å². The third kappa shape index (κ3) is 5.26. The van der Waals surface area contributed by atoms with Gasteiger partial charge in [-0.25, -0.2) is 13.8 Å². The average molecular weight is 560 g/mol. The average Bonchev–Trinajstić information content (AvgIpc) is 3.71. The molecular formula is C27H21F5N4O4. The number of rotatable bonds is 7. The second-order valence-electron chi connectivity index (χ2n) is 9.05. The summed E-state index contributed by atoms with van der Waals surface area (Å²) in [5.41, 5.74) is -1.60. The molecule has 8 nitrogen and oxygen atoms in total. The Hall–Kier alpha value is -4.68. The summed E-state index contributed by atoms with van der Waals surface area (Å²) in [6, 6.07) is 10.8. The fourth-order valence-corrected chi connectivity index (χ4v) is 4.31. The minimum atomic E-state index is -4.93. The molecule has 1 aliphatic rings. The van der Waals surface area contributed by atoms with Crippen LogP contribution in [0.4, 0.5) is 27.6 Å². The number of hydrogen-bond donors (Lipinski definition) is 1. The van der Waals surface area contributed by atoms with Crippen molar-refractivity contribution in [3.63, 3.8) is 0 Å². The number of nitrogens with one attached hydrogen (secondary N) is 1. The molecule has 40 heavy (non-hydrogen) atoms. The number of nitrogens with zero attached hydrogens (tertiary/aromatic N) is 3. The first kappa shape index (κ1) is 26.9. The number of benzene rings is 2. The van der Waals surface area contributed by atoms with E-state index in [2.05, 4.69) is 15.0 Å². The Morgan fingerprint density at radius 2 is 1.68 bits per heavy atom. The number of carbonyl (C=O) groups is 1. The molecule has 0 saturated heterocycles. The first-order valence-corrected chi connectivity index (χ1v) is 12.0. The molecule has 0 radical (unpaired) electrons. The van der Waals surface area contributed by atoms with Crippen molar-refractivity contribution in [3.05, 3.63) is 87.8 Å². The number of amides is 1. The van der Waals surface area contributed by atoms with Crippen LogP contribution in [0.2, 0.25) is 0 Å². The maximum Gasteiger partial charge on any atom is 0.573 e. The summed E-state index contributed by atoms with van der Waals surface area (Å²) in [6.07, 6.45) is -3.04. The maximum absolute atomic E-state index is 15.2. The lowest BCUT2D eigenvalue weighted by atomic mass is 10.1. The second kappa shape index (κ2) is 10.1. The SMILES string of the molecule is COc1cc(F)c(-c2c(NC(=O)c3ccc(OC(F)(F)F)cc3)c(=O)n(-c3cccc(C4CC4)n3)n2C)c(F)c1. The highest BCUT2D eigenvalue weighted by Gasteiger charge is 2.32. The molecule has 1 saturated carbocycles. The van der Waals surface area contributed by atoms with E-state index in [0.29, 0.717) is 0 Å². The Labute approximate surface area is 223 Å². The van der Waals surface area contributed by atoms with E-state index in [0.717, 1.165) is 59.6 Å². The van der Waals surface area contributed by atoms with E-state index in [4.69, 9.17) is 4.74 Å². The van der Waals surface area contributed by atoms with Crippen LogP contribution < -0.4 is 20.3 Å². The fraction of sp³-hybridized carbons (Fsp3) is 0.222. The van der Waals surface area contributed by atoms with Gasteiger partial charge in [0.1, 0.15) is 34.5 Å². The van der Waals surface area contributed by atoms with Gasteiger partial charge in [0.25, 0.3) is 11.5 Å². The molecule has 2 heterocycles. The van der Waals surface area contributed by atoms with E-state index in [9.17, 15) is 22.8 Å². The van der Waals surface area contributed by atoms with Crippen LogP contribution in [0.3, 0.4) is 0 Å². The van der Waals surface area contributed by atoms with Gasteiger partial charge in [-0.2, -0.15) is 4.68 Å². The number of anilines is 1. The van der Waals surface area contributed by atoms with Crippen molar-refractivity contribution in [2.45, 2.75) is 25.1 Å². The zero-order chi connectivity index (χ0) is 28.8. The van der Waals surface area contributed by atoms with Gasteiger partial charge in [-0.05, 0) is 49.2 Å². The van der Waals surface area contributed by atoms with Crippen molar-refractivity contribution in [1.29, 1.82) is 0 Å². The summed E-state index contributed by atoms with van der Waals surface area (Å²) in [5, 5.41) is 2.38. The number of halogens is 5. The van der Waals surface area contributed by atoms with Crippen LogP contribution in [0, 0.1) is 11.6 Å². The van der Waals surface area contributed by atoms with Gasteiger partial charge in [0.2, 0.25) is 0 Å². The normalized spacial score (nSPS) is 13.3.